The average Bonchev–Trinajstić information content (AvgIpc) is 2.97. The van der Waals surface area contributed by atoms with Crippen molar-refractivity contribution in [1.29, 1.82) is 0 Å². The quantitative estimate of drug-likeness (QED) is 0.578. The number of phenolic OH excluding ortho intramolecular Hbond substituents is 1. The summed E-state index contributed by atoms with van der Waals surface area (Å²) >= 11 is 5.88. The zero-order chi connectivity index (χ0) is 19.1. The van der Waals surface area contributed by atoms with Crippen molar-refractivity contribution in [2.24, 2.45) is 0 Å². The van der Waals surface area contributed by atoms with Gasteiger partial charge in [0.05, 0.1) is 34.0 Å². The maximum atomic E-state index is 12.4. The molecule has 1 N–H and O–H groups in total. The van der Waals surface area contributed by atoms with Crippen molar-refractivity contribution < 1.29 is 9.63 Å². The van der Waals surface area contributed by atoms with Crippen molar-refractivity contribution in [3.8, 4) is 16.9 Å². The van der Waals surface area contributed by atoms with Crippen LogP contribution in [0.4, 0.5) is 0 Å². The van der Waals surface area contributed by atoms with Crippen LogP contribution in [-0.2, 0) is 6.54 Å². The molecule has 0 saturated heterocycles. The Hall–Kier alpha value is -3.12. The molecule has 27 heavy (non-hydrogen) atoms. The summed E-state index contributed by atoms with van der Waals surface area (Å²) in [5.41, 5.74) is 3.21. The van der Waals surface area contributed by atoms with Crippen molar-refractivity contribution in [3.63, 3.8) is 0 Å². The molecular formula is C20H16ClN3O3. The van der Waals surface area contributed by atoms with Gasteiger partial charge in [-0.05, 0) is 43.5 Å². The minimum atomic E-state index is -0.177. The summed E-state index contributed by atoms with van der Waals surface area (Å²) in [5.74, 6) is 0.682. The first-order chi connectivity index (χ1) is 12.9. The summed E-state index contributed by atoms with van der Waals surface area (Å²) in [7, 11) is 0. The second kappa shape index (κ2) is 6.55. The molecule has 0 aliphatic rings. The molecule has 6 nitrogen and oxygen atoms in total. The smallest absolute Gasteiger partial charge is 0.251 e. The minimum absolute atomic E-state index is 0.0558. The number of fused-ring (bicyclic) bond motifs is 1. The molecule has 4 rings (SSSR count). The van der Waals surface area contributed by atoms with E-state index in [0.717, 1.165) is 10.9 Å². The van der Waals surface area contributed by atoms with Gasteiger partial charge in [-0.15, -0.1) is 0 Å². The Kier molecular flexibility index (Phi) is 4.20. The van der Waals surface area contributed by atoms with Crippen LogP contribution in [0.3, 0.4) is 0 Å². The maximum absolute atomic E-state index is 12.4. The molecule has 0 aliphatic heterocycles. The largest absolute Gasteiger partial charge is 0.507 e. The first-order valence-corrected chi connectivity index (χ1v) is 8.72. The third-order valence-electron chi connectivity index (χ3n) is 4.52. The highest BCUT2D eigenvalue weighted by Gasteiger charge is 2.17. The molecule has 0 bridgehead atoms. The Morgan fingerprint density at radius 1 is 1.19 bits per heavy atom. The molecule has 0 aliphatic carbocycles. The van der Waals surface area contributed by atoms with E-state index in [1.54, 1.807) is 42.0 Å². The molecule has 0 radical (unpaired) electrons. The fourth-order valence-electron chi connectivity index (χ4n) is 3.22. The van der Waals surface area contributed by atoms with Gasteiger partial charge in [-0.25, -0.2) is 0 Å². The highest BCUT2D eigenvalue weighted by Crippen LogP contribution is 2.36. The molecule has 3 aromatic heterocycles. The van der Waals surface area contributed by atoms with Gasteiger partial charge in [-0.3, -0.25) is 9.78 Å². The molecule has 0 saturated carbocycles. The SMILES string of the molecule is Cc1noc(C)c1-c1cc2ccc(=O)n(Cc3ccc(Cl)cn3)c2cc1O. The number of hydrogen-bond acceptors (Lipinski definition) is 5. The zero-order valence-electron chi connectivity index (χ0n) is 14.7. The fraction of sp³-hybridized carbons (Fsp3) is 0.150. The Labute approximate surface area is 159 Å². The van der Waals surface area contributed by atoms with E-state index in [2.05, 4.69) is 10.1 Å². The average molecular weight is 382 g/mol. The number of phenols is 1. The molecule has 0 unspecified atom stereocenters. The van der Waals surface area contributed by atoms with Gasteiger partial charge in [0.25, 0.3) is 5.56 Å². The Balaban J connectivity index is 1.89. The van der Waals surface area contributed by atoms with Gasteiger partial charge in [0.2, 0.25) is 0 Å². The predicted molar refractivity (Wildman–Crippen MR) is 103 cm³/mol. The Morgan fingerprint density at radius 2 is 2.00 bits per heavy atom. The van der Waals surface area contributed by atoms with Crippen LogP contribution < -0.4 is 5.56 Å². The molecule has 4 aromatic rings. The molecule has 7 heteroatoms. The molecule has 0 fully saturated rings. The fourth-order valence-corrected chi connectivity index (χ4v) is 3.34. The van der Waals surface area contributed by atoms with E-state index < -0.39 is 0 Å². The highest BCUT2D eigenvalue weighted by molar-refractivity contribution is 6.30. The van der Waals surface area contributed by atoms with Crippen LogP contribution in [0.2, 0.25) is 5.02 Å². The van der Waals surface area contributed by atoms with Crippen LogP contribution in [-0.4, -0.2) is 19.8 Å². The van der Waals surface area contributed by atoms with E-state index in [0.29, 0.717) is 33.3 Å². The number of nitrogens with zero attached hydrogens (tertiary/aromatic N) is 3. The van der Waals surface area contributed by atoms with E-state index in [4.69, 9.17) is 16.1 Å². The summed E-state index contributed by atoms with van der Waals surface area (Å²) < 4.78 is 6.78. The van der Waals surface area contributed by atoms with Gasteiger partial charge in [0, 0.05) is 23.9 Å². The Bertz CT molecular complexity index is 1190. The number of pyridine rings is 2. The number of aromatic hydroxyl groups is 1. The van der Waals surface area contributed by atoms with E-state index >= 15 is 0 Å². The summed E-state index contributed by atoms with van der Waals surface area (Å²) in [6.45, 7) is 3.89. The summed E-state index contributed by atoms with van der Waals surface area (Å²) in [4.78, 5) is 16.7. The first kappa shape index (κ1) is 17.3. The monoisotopic (exact) mass is 381 g/mol. The van der Waals surface area contributed by atoms with Crippen LogP contribution in [0.15, 0.2) is 51.9 Å². The maximum Gasteiger partial charge on any atom is 0.251 e. The number of benzene rings is 1. The second-order valence-electron chi connectivity index (χ2n) is 6.35. The van der Waals surface area contributed by atoms with Crippen molar-refractivity contribution in [2.45, 2.75) is 20.4 Å². The second-order valence-corrected chi connectivity index (χ2v) is 6.79. The highest BCUT2D eigenvalue weighted by atomic mass is 35.5. The zero-order valence-corrected chi connectivity index (χ0v) is 15.5. The van der Waals surface area contributed by atoms with E-state index in [9.17, 15) is 9.90 Å². The van der Waals surface area contributed by atoms with Gasteiger partial charge < -0.3 is 14.2 Å². The summed E-state index contributed by atoms with van der Waals surface area (Å²) in [6, 6.07) is 10.2. The van der Waals surface area contributed by atoms with Crippen LogP contribution in [0.25, 0.3) is 22.0 Å². The standard InChI is InChI=1S/C20H16ClN3O3/c1-11-20(12(2)27-23-11)16-7-13-3-6-19(26)24(17(13)8-18(16)25)10-15-5-4-14(21)9-22-15/h3-9,25H,10H2,1-2H3. The lowest BCUT2D eigenvalue weighted by Gasteiger charge is -2.12. The number of hydrogen-bond donors (Lipinski definition) is 1. The lowest BCUT2D eigenvalue weighted by Crippen LogP contribution is -2.20. The third kappa shape index (κ3) is 3.08. The van der Waals surface area contributed by atoms with Gasteiger partial charge in [0.1, 0.15) is 11.5 Å². The molecular weight excluding hydrogens is 366 g/mol. The normalized spacial score (nSPS) is 11.2. The summed E-state index contributed by atoms with van der Waals surface area (Å²) in [5, 5.41) is 15.9. The van der Waals surface area contributed by atoms with Crippen LogP contribution in [0.1, 0.15) is 17.1 Å². The Morgan fingerprint density at radius 3 is 2.67 bits per heavy atom. The molecule has 1 aromatic carbocycles. The summed E-state index contributed by atoms with van der Waals surface area (Å²) in [6.07, 6.45) is 1.54. The first-order valence-electron chi connectivity index (χ1n) is 8.34. The van der Waals surface area contributed by atoms with Gasteiger partial charge in [-0.1, -0.05) is 16.8 Å². The lowest BCUT2D eigenvalue weighted by atomic mass is 10.0. The molecule has 0 spiro atoms. The van der Waals surface area contributed by atoms with Crippen molar-refractivity contribution in [2.75, 3.05) is 0 Å². The molecule has 0 atom stereocenters. The van der Waals surface area contributed by atoms with Gasteiger partial charge in [-0.2, -0.15) is 0 Å². The van der Waals surface area contributed by atoms with Gasteiger partial charge >= 0.3 is 0 Å². The number of rotatable bonds is 3. The predicted octanol–water partition coefficient (Wildman–Crippen LogP) is 4.08. The van der Waals surface area contributed by atoms with Crippen molar-refractivity contribution in [1.82, 2.24) is 14.7 Å². The van der Waals surface area contributed by atoms with Crippen LogP contribution in [0, 0.1) is 13.8 Å². The lowest BCUT2D eigenvalue weighted by molar-refractivity contribution is 0.393. The number of halogens is 1. The van der Waals surface area contributed by atoms with E-state index in [1.807, 2.05) is 13.0 Å². The van der Waals surface area contributed by atoms with E-state index in [1.165, 1.54) is 6.07 Å². The van der Waals surface area contributed by atoms with Crippen LogP contribution >= 0.6 is 11.6 Å². The van der Waals surface area contributed by atoms with Crippen molar-refractivity contribution in [3.05, 3.63) is 75.1 Å². The third-order valence-corrected chi connectivity index (χ3v) is 4.74. The van der Waals surface area contributed by atoms with Crippen molar-refractivity contribution >= 4 is 22.5 Å². The number of aryl methyl sites for hydroxylation is 2. The molecule has 3 heterocycles. The topological polar surface area (TPSA) is 81.2 Å². The minimum Gasteiger partial charge on any atom is -0.507 e. The van der Waals surface area contributed by atoms with E-state index in [-0.39, 0.29) is 17.9 Å². The van der Waals surface area contributed by atoms with Crippen LogP contribution in [0.5, 0.6) is 5.75 Å². The van der Waals surface area contributed by atoms with Gasteiger partial charge in [0.15, 0.2) is 0 Å². The molecule has 0 amide bonds. The molecule has 136 valence electrons. The number of aromatic nitrogens is 3.